The Morgan fingerprint density at radius 1 is 1.22 bits per heavy atom. The van der Waals surface area contributed by atoms with Crippen molar-refractivity contribution in [1.29, 1.82) is 0 Å². The van der Waals surface area contributed by atoms with Crippen molar-refractivity contribution in [3.8, 4) is 0 Å². The Balaban J connectivity index is 1.42. The molecule has 1 N–H and O–H groups in total. The van der Waals surface area contributed by atoms with Crippen molar-refractivity contribution in [2.24, 2.45) is 0 Å². The summed E-state index contributed by atoms with van der Waals surface area (Å²) in [5.74, 6) is 0.420. The molecule has 4 heterocycles. The summed E-state index contributed by atoms with van der Waals surface area (Å²) in [6, 6.07) is 3.94. The SMILES string of the molecule is Cc1cccn2c(=O)c(C=C3SC(=S)N(C4CCCCC4)C3=O)c(NCCCN3CCOCC3)nc12. The largest absolute Gasteiger partial charge is 0.379 e. The van der Waals surface area contributed by atoms with Crippen LogP contribution in [0.1, 0.15) is 49.7 Å². The summed E-state index contributed by atoms with van der Waals surface area (Å²) in [6.45, 7) is 7.02. The van der Waals surface area contributed by atoms with Crippen LogP contribution >= 0.6 is 24.0 Å². The number of amides is 1. The van der Waals surface area contributed by atoms with Crippen molar-refractivity contribution < 1.29 is 9.53 Å². The van der Waals surface area contributed by atoms with Gasteiger partial charge in [-0.25, -0.2) is 4.98 Å². The van der Waals surface area contributed by atoms with E-state index in [-0.39, 0.29) is 17.5 Å². The average molecular weight is 528 g/mol. The molecule has 0 atom stereocenters. The number of nitrogens with zero attached hydrogens (tertiary/aromatic N) is 4. The molecule has 0 unspecified atom stereocenters. The van der Waals surface area contributed by atoms with Gasteiger partial charge < -0.3 is 10.1 Å². The first-order chi connectivity index (χ1) is 17.5. The number of hydrogen-bond acceptors (Lipinski definition) is 8. The van der Waals surface area contributed by atoms with Crippen LogP contribution in [-0.2, 0) is 9.53 Å². The lowest BCUT2D eigenvalue weighted by molar-refractivity contribution is -0.124. The number of morpholine rings is 1. The molecule has 0 radical (unpaired) electrons. The highest BCUT2D eigenvalue weighted by atomic mass is 32.2. The first-order valence-electron chi connectivity index (χ1n) is 12.9. The lowest BCUT2D eigenvalue weighted by Crippen LogP contribution is -2.39. The molecule has 1 aliphatic carbocycles. The summed E-state index contributed by atoms with van der Waals surface area (Å²) in [6.07, 6.45) is 9.74. The second-order valence-electron chi connectivity index (χ2n) is 9.64. The standard InChI is InChI=1S/C26H33N5O3S2/c1-18-7-5-12-30-23(18)28-22(27-10-6-11-29-13-15-34-16-14-29)20(24(30)32)17-21-25(33)31(26(35)36-21)19-8-3-2-4-9-19/h5,7,12,17,19,27H,2-4,6,8-11,13-16H2,1H3. The van der Waals surface area contributed by atoms with E-state index in [1.54, 1.807) is 21.6 Å². The van der Waals surface area contributed by atoms with Crippen molar-refractivity contribution in [2.75, 3.05) is 44.7 Å². The molecule has 5 rings (SSSR count). The summed E-state index contributed by atoms with van der Waals surface area (Å²) >= 11 is 6.89. The number of carbonyl (C=O) groups excluding carboxylic acids is 1. The van der Waals surface area contributed by atoms with E-state index in [4.69, 9.17) is 21.9 Å². The number of pyridine rings is 1. The van der Waals surface area contributed by atoms with Crippen LogP contribution in [-0.4, -0.2) is 74.8 Å². The molecule has 0 spiro atoms. The monoisotopic (exact) mass is 527 g/mol. The molecule has 8 nitrogen and oxygen atoms in total. The van der Waals surface area contributed by atoms with Gasteiger partial charge in [-0.2, -0.15) is 0 Å². The number of hydrogen-bond donors (Lipinski definition) is 1. The molecule has 2 saturated heterocycles. The number of nitrogens with one attached hydrogen (secondary N) is 1. The fourth-order valence-corrected chi connectivity index (χ4v) is 6.56. The molecule has 0 aromatic carbocycles. The normalized spacial score (nSPS) is 21.1. The van der Waals surface area contributed by atoms with Crippen LogP contribution in [0.15, 0.2) is 28.0 Å². The van der Waals surface area contributed by atoms with Gasteiger partial charge in [0.1, 0.15) is 15.8 Å². The summed E-state index contributed by atoms with van der Waals surface area (Å²) in [7, 11) is 0. The van der Waals surface area contributed by atoms with Crippen LogP contribution in [0.4, 0.5) is 5.82 Å². The van der Waals surface area contributed by atoms with E-state index in [0.717, 1.165) is 70.5 Å². The van der Waals surface area contributed by atoms with Crippen molar-refractivity contribution in [1.82, 2.24) is 19.2 Å². The Morgan fingerprint density at radius 3 is 2.78 bits per heavy atom. The van der Waals surface area contributed by atoms with Crippen molar-refractivity contribution in [2.45, 2.75) is 51.5 Å². The van der Waals surface area contributed by atoms with E-state index in [9.17, 15) is 9.59 Å². The quantitative estimate of drug-likeness (QED) is 0.332. The third kappa shape index (κ3) is 5.37. The maximum atomic E-state index is 13.6. The lowest BCUT2D eigenvalue weighted by atomic mass is 9.94. The molecule has 2 aliphatic heterocycles. The lowest BCUT2D eigenvalue weighted by Gasteiger charge is -2.29. The number of thiocarbonyl (C=S) groups is 1. The summed E-state index contributed by atoms with van der Waals surface area (Å²) < 4.78 is 7.57. The van der Waals surface area contributed by atoms with Crippen LogP contribution in [0.3, 0.4) is 0 Å². The molecule has 2 aromatic heterocycles. The van der Waals surface area contributed by atoms with E-state index >= 15 is 0 Å². The number of ether oxygens (including phenoxy) is 1. The maximum Gasteiger partial charge on any atom is 0.267 e. The van der Waals surface area contributed by atoms with Gasteiger partial charge in [0.15, 0.2) is 0 Å². The second kappa shape index (κ2) is 11.4. The minimum absolute atomic E-state index is 0.0936. The Labute approximate surface area is 221 Å². The Kier molecular flexibility index (Phi) is 8.05. The molecular weight excluding hydrogens is 494 g/mol. The maximum absolute atomic E-state index is 13.6. The van der Waals surface area contributed by atoms with E-state index in [1.807, 2.05) is 19.1 Å². The predicted molar refractivity (Wildman–Crippen MR) is 148 cm³/mol. The molecule has 1 amide bonds. The van der Waals surface area contributed by atoms with Gasteiger partial charge in [0, 0.05) is 31.9 Å². The molecule has 10 heteroatoms. The van der Waals surface area contributed by atoms with Crippen molar-refractivity contribution in [3.05, 3.63) is 44.7 Å². The molecule has 192 valence electrons. The van der Waals surface area contributed by atoms with Gasteiger partial charge in [-0.1, -0.05) is 49.3 Å². The van der Waals surface area contributed by atoms with E-state index < -0.39 is 0 Å². The molecule has 3 aliphatic rings. The number of thioether (sulfide) groups is 1. The first kappa shape index (κ1) is 25.4. The van der Waals surface area contributed by atoms with Gasteiger partial charge in [-0.05, 0) is 50.4 Å². The topological polar surface area (TPSA) is 79.2 Å². The number of rotatable bonds is 7. The van der Waals surface area contributed by atoms with Gasteiger partial charge in [-0.3, -0.25) is 23.8 Å². The highest BCUT2D eigenvalue weighted by molar-refractivity contribution is 8.26. The third-order valence-electron chi connectivity index (χ3n) is 7.17. The first-order valence-corrected chi connectivity index (χ1v) is 14.1. The van der Waals surface area contributed by atoms with E-state index in [2.05, 4.69) is 10.2 Å². The van der Waals surface area contributed by atoms with E-state index in [1.165, 1.54) is 18.2 Å². The number of aromatic nitrogens is 2. The zero-order chi connectivity index (χ0) is 25.1. The van der Waals surface area contributed by atoms with Gasteiger partial charge in [-0.15, -0.1) is 0 Å². The minimum Gasteiger partial charge on any atom is -0.379 e. The Hall–Kier alpha value is -2.27. The fraction of sp³-hybridized carbons (Fsp3) is 0.538. The van der Waals surface area contributed by atoms with Crippen LogP contribution in [0.2, 0.25) is 0 Å². The zero-order valence-corrected chi connectivity index (χ0v) is 22.3. The molecule has 0 bridgehead atoms. The van der Waals surface area contributed by atoms with Crippen LogP contribution < -0.4 is 10.9 Å². The summed E-state index contributed by atoms with van der Waals surface area (Å²) in [5, 5.41) is 3.39. The fourth-order valence-electron chi connectivity index (χ4n) is 5.18. The smallest absolute Gasteiger partial charge is 0.267 e. The number of fused-ring (bicyclic) bond motifs is 1. The molecule has 3 fully saturated rings. The number of aryl methyl sites for hydroxylation is 1. The summed E-state index contributed by atoms with van der Waals surface area (Å²) in [4.78, 5) is 36.4. The van der Waals surface area contributed by atoms with Crippen LogP contribution in [0, 0.1) is 6.92 Å². The molecule has 2 aromatic rings. The average Bonchev–Trinajstić information content (AvgIpc) is 3.18. The van der Waals surface area contributed by atoms with E-state index in [0.29, 0.717) is 32.8 Å². The summed E-state index contributed by atoms with van der Waals surface area (Å²) in [5.41, 5.74) is 1.74. The van der Waals surface area contributed by atoms with Gasteiger partial charge >= 0.3 is 0 Å². The number of carbonyl (C=O) groups is 1. The molecule has 36 heavy (non-hydrogen) atoms. The van der Waals surface area contributed by atoms with Gasteiger partial charge in [0.2, 0.25) is 0 Å². The van der Waals surface area contributed by atoms with Gasteiger partial charge in [0.25, 0.3) is 11.5 Å². The van der Waals surface area contributed by atoms with Crippen LogP contribution in [0.25, 0.3) is 11.7 Å². The third-order valence-corrected chi connectivity index (χ3v) is 8.50. The minimum atomic E-state index is -0.192. The highest BCUT2D eigenvalue weighted by Gasteiger charge is 2.37. The zero-order valence-electron chi connectivity index (χ0n) is 20.7. The Morgan fingerprint density at radius 2 is 2.00 bits per heavy atom. The van der Waals surface area contributed by atoms with Gasteiger partial charge in [0.05, 0.1) is 23.7 Å². The Bertz CT molecular complexity index is 1230. The predicted octanol–water partition coefficient (Wildman–Crippen LogP) is 3.67. The number of anilines is 1. The highest BCUT2D eigenvalue weighted by Crippen LogP contribution is 2.37. The second-order valence-corrected chi connectivity index (χ2v) is 11.3. The van der Waals surface area contributed by atoms with Crippen molar-refractivity contribution in [3.63, 3.8) is 0 Å². The molecule has 1 saturated carbocycles. The van der Waals surface area contributed by atoms with Crippen LogP contribution in [0.5, 0.6) is 0 Å². The van der Waals surface area contributed by atoms with Crippen molar-refractivity contribution >= 4 is 51.7 Å². The molecular formula is C26H33N5O3S2.